The van der Waals surface area contributed by atoms with E-state index in [-0.39, 0.29) is 6.10 Å². The molecule has 122 valence electrons. The van der Waals surface area contributed by atoms with Gasteiger partial charge in [0.1, 0.15) is 24.2 Å². The molecule has 4 rings (SSSR count). The number of nitrogens with zero attached hydrogens (tertiary/aromatic N) is 2. The van der Waals surface area contributed by atoms with Crippen LogP contribution in [0.25, 0.3) is 11.1 Å². The van der Waals surface area contributed by atoms with Gasteiger partial charge in [-0.1, -0.05) is 18.2 Å². The first-order chi connectivity index (χ1) is 11.8. The maximum atomic E-state index is 5.88. The van der Waals surface area contributed by atoms with E-state index in [1.54, 1.807) is 12.5 Å². The molecule has 2 aromatic carbocycles. The molecular formula is C20H20N2O2. The molecule has 1 atom stereocenters. The van der Waals surface area contributed by atoms with Crippen LogP contribution < -0.4 is 9.47 Å². The molecule has 3 aromatic rings. The van der Waals surface area contributed by atoms with Gasteiger partial charge in [-0.15, -0.1) is 0 Å². The van der Waals surface area contributed by atoms with Gasteiger partial charge in [0, 0.05) is 18.8 Å². The summed E-state index contributed by atoms with van der Waals surface area (Å²) in [5.41, 5.74) is 3.65. The van der Waals surface area contributed by atoms with Crippen LogP contribution in [0.1, 0.15) is 12.5 Å². The second-order valence-corrected chi connectivity index (χ2v) is 6.13. The van der Waals surface area contributed by atoms with Crippen LogP contribution in [0.3, 0.4) is 0 Å². The molecule has 4 nitrogen and oxygen atoms in total. The largest absolute Gasteiger partial charge is 0.492 e. The lowest BCUT2D eigenvalue weighted by Gasteiger charge is -2.09. The van der Waals surface area contributed by atoms with Gasteiger partial charge in [-0.05, 0) is 47.9 Å². The summed E-state index contributed by atoms with van der Waals surface area (Å²) in [4.78, 5) is 4.03. The number of hydrogen-bond donors (Lipinski definition) is 0. The van der Waals surface area contributed by atoms with Crippen LogP contribution in [0, 0.1) is 0 Å². The van der Waals surface area contributed by atoms with Crippen LogP contribution >= 0.6 is 0 Å². The zero-order chi connectivity index (χ0) is 16.4. The maximum Gasteiger partial charge on any atom is 0.123 e. The molecule has 1 aromatic heterocycles. The van der Waals surface area contributed by atoms with Crippen molar-refractivity contribution in [1.29, 1.82) is 0 Å². The SMILES string of the molecule is CC1Cc2cc(-c3cccc(OCCn4ccnc4)c3)ccc2O1. The van der Waals surface area contributed by atoms with Gasteiger partial charge in [-0.2, -0.15) is 0 Å². The predicted molar refractivity (Wildman–Crippen MR) is 93.4 cm³/mol. The van der Waals surface area contributed by atoms with E-state index in [0.717, 1.165) is 30.0 Å². The van der Waals surface area contributed by atoms with Crippen LogP contribution in [0.2, 0.25) is 0 Å². The molecule has 2 heterocycles. The van der Waals surface area contributed by atoms with E-state index < -0.39 is 0 Å². The molecule has 1 unspecified atom stereocenters. The van der Waals surface area contributed by atoms with E-state index >= 15 is 0 Å². The summed E-state index contributed by atoms with van der Waals surface area (Å²) in [6, 6.07) is 14.6. The van der Waals surface area contributed by atoms with Crippen LogP contribution in [0.15, 0.2) is 61.2 Å². The van der Waals surface area contributed by atoms with E-state index in [2.05, 4.69) is 42.2 Å². The molecule has 24 heavy (non-hydrogen) atoms. The highest BCUT2D eigenvalue weighted by Gasteiger charge is 2.19. The van der Waals surface area contributed by atoms with Crippen molar-refractivity contribution in [3.8, 4) is 22.6 Å². The number of fused-ring (bicyclic) bond motifs is 1. The predicted octanol–water partition coefficient (Wildman–Crippen LogP) is 3.95. The molecule has 0 spiro atoms. The van der Waals surface area contributed by atoms with Gasteiger partial charge in [-0.3, -0.25) is 0 Å². The molecule has 0 N–H and O–H groups in total. The molecule has 0 bridgehead atoms. The Morgan fingerprint density at radius 1 is 1.21 bits per heavy atom. The molecule has 1 aliphatic heterocycles. The van der Waals surface area contributed by atoms with Gasteiger partial charge in [0.25, 0.3) is 0 Å². The topological polar surface area (TPSA) is 36.3 Å². The van der Waals surface area contributed by atoms with Gasteiger partial charge in [-0.25, -0.2) is 4.98 Å². The number of benzene rings is 2. The normalized spacial score (nSPS) is 15.8. The Labute approximate surface area is 141 Å². The highest BCUT2D eigenvalue weighted by molar-refractivity contribution is 5.67. The fourth-order valence-corrected chi connectivity index (χ4v) is 3.05. The highest BCUT2D eigenvalue weighted by Crippen LogP contribution is 2.33. The lowest BCUT2D eigenvalue weighted by Crippen LogP contribution is -2.06. The first-order valence-corrected chi connectivity index (χ1v) is 8.26. The molecule has 0 saturated heterocycles. The molecule has 0 aliphatic carbocycles. The highest BCUT2D eigenvalue weighted by atomic mass is 16.5. The Bertz CT molecular complexity index is 827. The molecular weight excluding hydrogens is 300 g/mol. The minimum atomic E-state index is 0.271. The van der Waals surface area contributed by atoms with Crippen LogP contribution in [-0.4, -0.2) is 22.3 Å². The van der Waals surface area contributed by atoms with Crippen molar-refractivity contribution in [3.63, 3.8) is 0 Å². The second kappa shape index (κ2) is 6.40. The van der Waals surface area contributed by atoms with Crippen molar-refractivity contribution in [2.45, 2.75) is 26.0 Å². The smallest absolute Gasteiger partial charge is 0.123 e. The first-order valence-electron chi connectivity index (χ1n) is 8.26. The van der Waals surface area contributed by atoms with Crippen LogP contribution in [0.4, 0.5) is 0 Å². The molecule has 1 aliphatic rings. The minimum Gasteiger partial charge on any atom is -0.492 e. The molecule has 0 saturated carbocycles. The summed E-state index contributed by atoms with van der Waals surface area (Å²) in [5, 5.41) is 0. The summed E-state index contributed by atoms with van der Waals surface area (Å²) in [5.74, 6) is 1.90. The molecule has 4 heteroatoms. The molecule has 0 radical (unpaired) electrons. The van der Waals surface area contributed by atoms with E-state index in [4.69, 9.17) is 9.47 Å². The second-order valence-electron chi connectivity index (χ2n) is 6.13. The number of aromatic nitrogens is 2. The fourth-order valence-electron chi connectivity index (χ4n) is 3.05. The Balaban J connectivity index is 1.47. The number of rotatable bonds is 5. The van der Waals surface area contributed by atoms with Gasteiger partial charge < -0.3 is 14.0 Å². The Hall–Kier alpha value is -2.75. The molecule has 0 fully saturated rings. The van der Waals surface area contributed by atoms with Crippen LogP contribution in [-0.2, 0) is 13.0 Å². The van der Waals surface area contributed by atoms with E-state index in [1.165, 1.54) is 11.1 Å². The number of ether oxygens (including phenoxy) is 2. The summed E-state index contributed by atoms with van der Waals surface area (Å²) >= 11 is 0. The van der Waals surface area contributed by atoms with Gasteiger partial charge in [0.2, 0.25) is 0 Å². The van der Waals surface area contributed by atoms with Crippen molar-refractivity contribution in [3.05, 3.63) is 66.7 Å². The lowest BCUT2D eigenvalue weighted by atomic mass is 10.0. The Morgan fingerprint density at radius 3 is 3.00 bits per heavy atom. The zero-order valence-corrected chi connectivity index (χ0v) is 13.7. The van der Waals surface area contributed by atoms with Crippen molar-refractivity contribution < 1.29 is 9.47 Å². The third-order valence-electron chi connectivity index (χ3n) is 4.24. The first kappa shape index (κ1) is 14.8. The summed E-state index contributed by atoms with van der Waals surface area (Å²) < 4.78 is 13.7. The van der Waals surface area contributed by atoms with Gasteiger partial charge in [0.15, 0.2) is 0 Å². The fraction of sp³-hybridized carbons (Fsp3) is 0.250. The van der Waals surface area contributed by atoms with Gasteiger partial charge >= 0.3 is 0 Å². The quantitative estimate of drug-likeness (QED) is 0.714. The summed E-state index contributed by atoms with van der Waals surface area (Å²) in [6.45, 7) is 3.52. The Kier molecular flexibility index (Phi) is 3.95. The van der Waals surface area contributed by atoms with Crippen molar-refractivity contribution in [2.24, 2.45) is 0 Å². The number of hydrogen-bond acceptors (Lipinski definition) is 3. The van der Waals surface area contributed by atoms with Crippen molar-refractivity contribution in [2.75, 3.05) is 6.61 Å². The average molecular weight is 320 g/mol. The zero-order valence-electron chi connectivity index (χ0n) is 13.7. The Morgan fingerprint density at radius 2 is 2.12 bits per heavy atom. The molecule has 0 amide bonds. The monoisotopic (exact) mass is 320 g/mol. The third-order valence-corrected chi connectivity index (χ3v) is 4.24. The van der Waals surface area contributed by atoms with E-state index in [9.17, 15) is 0 Å². The maximum absolute atomic E-state index is 5.88. The van der Waals surface area contributed by atoms with Crippen molar-refractivity contribution in [1.82, 2.24) is 9.55 Å². The van der Waals surface area contributed by atoms with Crippen molar-refractivity contribution >= 4 is 0 Å². The third kappa shape index (κ3) is 3.13. The summed E-state index contributed by atoms with van der Waals surface area (Å²) in [6.07, 6.45) is 6.76. The average Bonchev–Trinajstić information content (AvgIpc) is 3.22. The minimum absolute atomic E-state index is 0.271. The van der Waals surface area contributed by atoms with E-state index in [0.29, 0.717) is 6.61 Å². The van der Waals surface area contributed by atoms with Crippen LogP contribution in [0.5, 0.6) is 11.5 Å². The van der Waals surface area contributed by atoms with E-state index in [1.807, 2.05) is 22.9 Å². The standard InChI is InChI=1S/C20H20N2O2/c1-15-11-18-12-17(5-6-20(18)24-15)16-3-2-4-19(13-16)23-10-9-22-8-7-21-14-22/h2-8,12-15H,9-11H2,1H3. The number of imidazole rings is 1. The lowest BCUT2D eigenvalue weighted by molar-refractivity contribution is 0.254. The summed E-state index contributed by atoms with van der Waals surface area (Å²) in [7, 11) is 0. The van der Waals surface area contributed by atoms with Gasteiger partial charge in [0.05, 0.1) is 12.9 Å².